The largest absolute Gasteiger partial charge is 0.476 e. The highest BCUT2D eigenvalue weighted by molar-refractivity contribution is 14.1. The third-order valence-electron chi connectivity index (χ3n) is 14.8. The Bertz CT molecular complexity index is 2870. The zero-order chi connectivity index (χ0) is 52.1. The summed E-state index contributed by atoms with van der Waals surface area (Å²) in [6, 6.07) is 13.7. The van der Waals surface area contributed by atoms with Crippen LogP contribution in [0.25, 0.3) is 21.3 Å². The van der Waals surface area contributed by atoms with Gasteiger partial charge in [0.05, 0.1) is 65.7 Å². The number of rotatable bonds is 27. The number of aromatic nitrogens is 9. The van der Waals surface area contributed by atoms with Gasteiger partial charge in [0.25, 0.3) is 0 Å². The number of aryl methyl sites for hydroxylation is 2. The van der Waals surface area contributed by atoms with Crippen molar-refractivity contribution in [1.29, 1.82) is 0 Å². The van der Waals surface area contributed by atoms with Crippen LogP contribution in [-0.4, -0.2) is 137 Å². The third kappa shape index (κ3) is 12.7. The number of thiazole rings is 1. The second-order valence-corrected chi connectivity index (χ2v) is 23.7. The van der Waals surface area contributed by atoms with Gasteiger partial charge in [0.1, 0.15) is 11.5 Å². The second-order valence-electron chi connectivity index (χ2n) is 21.9. The molecule has 19 nitrogen and oxygen atoms in total. The Morgan fingerprint density at radius 3 is 2.42 bits per heavy atom. The Morgan fingerprint density at radius 2 is 1.66 bits per heavy atom. The number of alkyl halides is 1. The third-order valence-corrected chi connectivity index (χ3v) is 16.4. The molecule has 3 N–H and O–H groups in total. The Morgan fingerprint density at radius 1 is 0.865 bits per heavy atom. The number of likely N-dealkylation sites (N-methyl/N-ethyl adjacent to an activating group) is 1. The highest BCUT2D eigenvalue weighted by atomic mass is 127. The smallest absolute Gasteiger partial charge is 0.355 e. The van der Waals surface area contributed by atoms with E-state index < -0.39 is 5.97 Å². The van der Waals surface area contributed by atoms with Gasteiger partial charge in [-0.3, -0.25) is 14.2 Å². The summed E-state index contributed by atoms with van der Waals surface area (Å²) in [5.41, 5.74) is 4.94. The number of nitrogens with zero attached hydrogens (tertiary/aromatic N) is 11. The van der Waals surface area contributed by atoms with Crippen LogP contribution in [0.3, 0.4) is 0 Å². The summed E-state index contributed by atoms with van der Waals surface area (Å²) in [6.07, 6.45) is 12.8. The van der Waals surface area contributed by atoms with Crippen molar-refractivity contribution in [2.45, 2.75) is 111 Å². The number of hydrogen-bond donors (Lipinski definition) is 3. The first kappa shape index (κ1) is 53.6. The Kier molecular flexibility index (Phi) is 16.6. The van der Waals surface area contributed by atoms with E-state index in [9.17, 15) is 14.7 Å². The van der Waals surface area contributed by atoms with Crippen LogP contribution in [-0.2, 0) is 38.7 Å². The average molecular weight is 1140 g/mol. The first-order valence-corrected chi connectivity index (χ1v) is 28.1. The summed E-state index contributed by atoms with van der Waals surface area (Å²) in [7, 11) is 4.19. The van der Waals surface area contributed by atoms with E-state index in [1.54, 1.807) is 11.3 Å². The molecule has 396 valence electrons. The maximum atomic E-state index is 13.3. The van der Waals surface area contributed by atoms with Crippen LogP contribution in [0, 0.1) is 30.1 Å². The number of unbranched alkanes of at least 4 members (excludes halogenated alkanes) is 2. The van der Waals surface area contributed by atoms with E-state index in [1.165, 1.54) is 6.42 Å². The standard InChI is InChI=1S/C53H70IN13O6S/c1-36-24-44(61-62-47(36)59-49-57-41-12-8-9-13-42(41)74-49)66(18-11-7-10-17-65-27-38(60-63-65)28-72-23-22-71-20-16-55-45(68)25-54)43-15-14-39(46(58-43)48(69)70)40-26-56-67(37(40)2)35-52-30-50(3)29-51(4,31-52)33-53(32-50,34-52)73-21-19-64(5)6/h8-9,12-15,24,26-27H,7,10-11,16-23,25,28-35H2,1-6H3,(H,55,68)(H,69,70)(H,57,59,62)/t50-,51+,52?,53?. The molecule has 0 spiro atoms. The van der Waals surface area contributed by atoms with Crippen LogP contribution < -0.4 is 15.5 Å². The average Bonchev–Trinajstić information content (AvgIpc) is 4.11. The minimum absolute atomic E-state index is 0.00965. The number of ether oxygens (including phenoxy) is 3. The molecule has 4 saturated carbocycles. The Hall–Kier alpha value is -5.20. The lowest BCUT2D eigenvalue weighted by molar-refractivity contribution is -0.248. The fraction of sp³-hybridized carbons (Fsp3) is 0.566. The van der Waals surface area contributed by atoms with E-state index in [2.05, 4.69) is 70.5 Å². The van der Waals surface area contributed by atoms with Crippen molar-refractivity contribution in [2.75, 3.05) is 74.8 Å². The Balaban J connectivity index is 0.893. The van der Waals surface area contributed by atoms with Crippen LogP contribution in [0.15, 0.2) is 54.9 Å². The lowest BCUT2D eigenvalue weighted by Crippen LogP contribution is -2.64. The highest BCUT2D eigenvalue weighted by Gasteiger charge is 2.66. The Labute approximate surface area is 450 Å². The number of pyridine rings is 1. The fourth-order valence-electron chi connectivity index (χ4n) is 12.8. The van der Waals surface area contributed by atoms with Crippen molar-refractivity contribution in [2.24, 2.45) is 16.2 Å². The molecule has 4 bridgehead atoms. The van der Waals surface area contributed by atoms with Gasteiger partial charge in [-0.2, -0.15) is 5.10 Å². The molecule has 2 unspecified atom stereocenters. The molecule has 21 heteroatoms. The lowest BCUT2D eigenvalue weighted by atomic mass is 9.39. The summed E-state index contributed by atoms with van der Waals surface area (Å²) in [5, 5.41) is 40.6. The molecule has 5 heterocycles. The SMILES string of the molecule is Cc1cc(N(CCCCCn2cc(COCCOCCNC(=O)CI)nn2)c2ccc(-c3cnn(CC45CC6(OCCN(C)C)C[C@](C)(C4)C[C@](C)(C5)C6)c3C)c(C(=O)O)n2)nnc1Nc1nc2ccccc2s1. The van der Waals surface area contributed by atoms with Gasteiger partial charge in [0.15, 0.2) is 22.5 Å². The summed E-state index contributed by atoms with van der Waals surface area (Å²) >= 11 is 3.57. The number of hydrogen-bond acceptors (Lipinski definition) is 16. The van der Waals surface area contributed by atoms with Crippen molar-refractivity contribution >= 4 is 78.6 Å². The van der Waals surface area contributed by atoms with E-state index in [0.29, 0.717) is 78.6 Å². The molecule has 0 aliphatic heterocycles. The van der Waals surface area contributed by atoms with Gasteiger partial charge in [-0.15, -0.1) is 15.3 Å². The summed E-state index contributed by atoms with van der Waals surface area (Å²) in [4.78, 5) is 38.4. The maximum absolute atomic E-state index is 13.3. The van der Waals surface area contributed by atoms with Crippen LogP contribution in [0.1, 0.15) is 99.1 Å². The number of amides is 1. The summed E-state index contributed by atoms with van der Waals surface area (Å²) in [6.45, 7) is 14.5. The van der Waals surface area contributed by atoms with Gasteiger partial charge in [0.2, 0.25) is 5.91 Å². The second kappa shape index (κ2) is 23.0. The van der Waals surface area contributed by atoms with Crippen molar-refractivity contribution in [1.82, 2.24) is 55.2 Å². The minimum atomic E-state index is -1.12. The number of carboxylic acids is 1. The number of nitrogens with one attached hydrogen (secondary N) is 2. The van der Waals surface area contributed by atoms with E-state index in [4.69, 9.17) is 34.4 Å². The minimum Gasteiger partial charge on any atom is -0.476 e. The number of para-hydroxylation sites is 1. The number of benzene rings is 1. The van der Waals surface area contributed by atoms with Gasteiger partial charge in [-0.05, 0) is 138 Å². The van der Waals surface area contributed by atoms with Crippen LogP contribution in [0.5, 0.6) is 0 Å². The monoisotopic (exact) mass is 1140 g/mol. The maximum Gasteiger partial charge on any atom is 0.355 e. The number of carbonyl (C=O) groups is 2. The predicted octanol–water partition coefficient (Wildman–Crippen LogP) is 8.79. The summed E-state index contributed by atoms with van der Waals surface area (Å²) in [5.74, 6) is 0.461. The van der Waals surface area contributed by atoms with Crippen molar-refractivity contribution in [3.8, 4) is 11.1 Å². The predicted molar refractivity (Wildman–Crippen MR) is 294 cm³/mol. The fourth-order valence-corrected chi connectivity index (χ4v) is 13.9. The molecule has 10 rings (SSSR count). The molecule has 4 atom stereocenters. The van der Waals surface area contributed by atoms with Crippen molar-refractivity contribution in [3.63, 3.8) is 0 Å². The molecular weight excluding hydrogens is 1070 g/mol. The molecule has 1 aromatic carbocycles. The van der Waals surface area contributed by atoms with Crippen LogP contribution in [0.2, 0.25) is 0 Å². The number of carboxylic acid groups (broad SMARTS) is 1. The molecule has 0 saturated heterocycles. The first-order chi connectivity index (χ1) is 35.5. The molecule has 4 aliphatic carbocycles. The topological polar surface area (TPSA) is 213 Å². The summed E-state index contributed by atoms with van der Waals surface area (Å²) < 4.78 is 23.6. The van der Waals surface area contributed by atoms with Gasteiger partial charge < -0.3 is 39.8 Å². The number of anilines is 4. The van der Waals surface area contributed by atoms with Gasteiger partial charge in [-0.25, -0.2) is 14.8 Å². The molecule has 5 aromatic heterocycles. The zero-order valence-corrected chi connectivity index (χ0v) is 46.5. The number of halogens is 1. The zero-order valence-electron chi connectivity index (χ0n) is 43.5. The van der Waals surface area contributed by atoms with Crippen molar-refractivity contribution < 1.29 is 28.9 Å². The lowest BCUT2D eigenvalue weighted by Gasteiger charge is -2.69. The van der Waals surface area contributed by atoms with Gasteiger partial charge >= 0.3 is 5.97 Å². The molecule has 0 radical (unpaired) electrons. The van der Waals surface area contributed by atoms with E-state index in [-0.39, 0.29) is 33.4 Å². The van der Waals surface area contributed by atoms with Crippen LogP contribution >= 0.6 is 33.9 Å². The molecular formula is C53H70IN13O6S. The molecule has 74 heavy (non-hydrogen) atoms. The van der Waals surface area contributed by atoms with Crippen LogP contribution in [0.4, 0.5) is 22.6 Å². The van der Waals surface area contributed by atoms with E-state index >= 15 is 0 Å². The number of fused-ring (bicyclic) bond motifs is 1. The molecule has 4 aliphatic rings. The number of aromatic carboxylic acids is 1. The molecule has 4 fully saturated rings. The normalized spacial score (nSPS) is 22.0. The quantitative estimate of drug-likeness (QED) is 0.0250. The van der Waals surface area contributed by atoms with Crippen molar-refractivity contribution in [3.05, 3.63) is 77.5 Å². The first-order valence-electron chi connectivity index (χ1n) is 25.7. The van der Waals surface area contributed by atoms with E-state index in [0.717, 1.165) is 104 Å². The molecule has 1 amide bonds. The van der Waals surface area contributed by atoms with Gasteiger partial charge in [-0.1, -0.05) is 65.1 Å². The molecule has 6 aromatic rings. The highest BCUT2D eigenvalue weighted by Crippen LogP contribution is 2.72. The van der Waals surface area contributed by atoms with E-state index in [1.807, 2.05) is 94.0 Å². The number of carbonyl (C=O) groups excluding carboxylic acids is 1. The van der Waals surface area contributed by atoms with Gasteiger partial charge in [0, 0.05) is 49.5 Å².